The van der Waals surface area contributed by atoms with Gasteiger partial charge in [-0.3, -0.25) is 4.90 Å². The van der Waals surface area contributed by atoms with Gasteiger partial charge in [-0.15, -0.1) is 0 Å². The smallest absolute Gasteiger partial charge is 0.258 e. The SMILES string of the molecule is c1c[nH]c([C@H]2CCCN(Cc3noc(-c4ccsc4)n3)C2)n1. The van der Waals surface area contributed by atoms with Crippen LogP contribution in [0.25, 0.3) is 11.5 Å². The number of aromatic nitrogens is 4. The highest BCUT2D eigenvalue weighted by atomic mass is 32.1. The third kappa shape index (κ3) is 2.82. The van der Waals surface area contributed by atoms with Gasteiger partial charge in [-0.1, -0.05) is 5.16 Å². The van der Waals surface area contributed by atoms with Gasteiger partial charge in [0.05, 0.1) is 12.1 Å². The highest BCUT2D eigenvalue weighted by molar-refractivity contribution is 7.08. The number of aromatic amines is 1. The molecule has 0 unspecified atom stereocenters. The van der Waals surface area contributed by atoms with E-state index in [4.69, 9.17) is 4.52 Å². The maximum Gasteiger partial charge on any atom is 0.258 e. The molecule has 1 saturated heterocycles. The van der Waals surface area contributed by atoms with Gasteiger partial charge in [-0.25, -0.2) is 4.98 Å². The number of thiophene rings is 1. The molecule has 1 N–H and O–H groups in total. The minimum atomic E-state index is 0.465. The number of hydrogen-bond donors (Lipinski definition) is 1. The maximum absolute atomic E-state index is 5.35. The fourth-order valence-corrected chi connectivity index (χ4v) is 3.57. The molecule has 114 valence electrons. The molecule has 4 heterocycles. The quantitative estimate of drug-likeness (QED) is 0.801. The Morgan fingerprint density at radius 3 is 3.27 bits per heavy atom. The number of nitrogens with zero attached hydrogens (tertiary/aromatic N) is 4. The van der Waals surface area contributed by atoms with Crippen molar-refractivity contribution in [3.63, 3.8) is 0 Å². The summed E-state index contributed by atoms with van der Waals surface area (Å²) in [6.45, 7) is 2.78. The number of H-pyrrole nitrogens is 1. The fourth-order valence-electron chi connectivity index (χ4n) is 2.94. The van der Waals surface area contributed by atoms with Gasteiger partial charge in [0.25, 0.3) is 5.89 Å². The van der Waals surface area contributed by atoms with Crippen molar-refractivity contribution in [2.24, 2.45) is 0 Å². The molecule has 0 spiro atoms. The lowest BCUT2D eigenvalue weighted by Gasteiger charge is -2.30. The largest absolute Gasteiger partial charge is 0.348 e. The second-order valence-corrected chi connectivity index (χ2v) is 6.36. The highest BCUT2D eigenvalue weighted by Gasteiger charge is 2.24. The lowest BCUT2D eigenvalue weighted by Crippen LogP contribution is -2.34. The van der Waals surface area contributed by atoms with Crippen LogP contribution in [0.2, 0.25) is 0 Å². The van der Waals surface area contributed by atoms with E-state index in [1.54, 1.807) is 11.3 Å². The van der Waals surface area contributed by atoms with Gasteiger partial charge in [0.1, 0.15) is 5.82 Å². The monoisotopic (exact) mass is 315 g/mol. The standard InChI is InChI=1S/C15H17N5OS/c1-2-11(14-16-4-5-17-14)8-20(6-1)9-13-18-15(21-19-13)12-3-7-22-10-12/h3-5,7,10-11H,1-2,6,8-9H2,(H,16,17)/t11-/m0/s1. The van der Waals surface area contributed by atoms with E-state index in [0.717, 1.165) is 36.8 Å². The Morgan fingerprint density at radius 2 is 2.45 bits per heavy atom. The van der Waals surface area contributed by atoms with Gasteiger partial charge in [-0.05, 0) is 30.8 Å². The number of nitrogens with one attached hydrogen (secondary N) is 1. The van der Waals surface area contributed by atoms with Crippen LogP contribution in [0.5, 0.6) is 0 Å². The molecule has 3 aromatic heterocycles. The molecule has 1 atom stereocenters. The normalized spacial score (nSPS) is 19.5. The van der Waals surface area contributed by atoms with Crippen molar-refractivity contribution < 1.29 is 4.52 Å². The molecule has 1 aliphatic rings. The first-order chi connectivity index (χ1) is 10.9. The third-order valence-electron chi connectivity index (χ3n) is 4.01. The number of likely N-dealkylation sites (tertiary alicyclic amines) is 1. The van der Waals surface area contributed by atoms with Crippen LogP contribution in [-0.4, -0.2) is 38.1 Å². The average Bonchev–Trinajstić information content (AvgIpc) is 3.29. The van der Waals surface area contributed by atoms with Crippen LogP contribution in [0.4, 0.5) is 0 Å². The lowest BCUT2D eigenvalue weighted by atomic mass is 9.97. The van der Waals surface area contributed by atoms with Gasteiger partial charge in [-0.2, -0.15) is 16.3 Å². The second-order valence-electron chi connectivity index (χ2n) is 5.58. The summed E-state index contributed by atoms with van der Waals surface area (Å²) in [5, 5.41) is 8.14. The van der Waals surface area contributed by atoms with E-state index in [2.05, 4.69) is 25.0 Å². The summed E-state index contributed by atoms with van der Waals surface area (Å²) in [6, 6.07) is 2.00. The molecule has 7 heteroatoms. The summed E-state index contributed by atoms with van der Waals surface area (Å²) < 4.78 is 5.35. The maximum atomic E-state index is 5.35. The van der Waals surface area contributed by atoms with Crippen LogP contribution >= 0.6 is 11.3 Å². The summed E-state index contributed by atoms with van der Waals surface area (Å²) in [4.78, 5) is 14.5. The van der Waals surface area contributed by atoms with Gasteiger partial charge in [0, 0.05) is 30.2 Å². The predicted octanol–water partition coefficient (Wildman–Crippen LogP) is 2.90. The molecule has 0 saturated carbocycles. The number of hydrogen-bond acceptors (Lipinski definition) is 6. The Hall–Kier alpha value is -1.99. The molecule has 3 aromatic rings. The van der Waals surface area contributed by atoms with Crippen LogP contribution in [0.15, 0.2) is 33.7 Å². The summed E-state index contributed by atoms with van der Waals surface area (Å²) in [7, 11) is 0. The molecular weight excluding hydrogens is 298 g/mol. The van der Waals surface area contributed by atoms with Crippen LogP contribution in [0.3, 0.4) is 0 Å². The lowest BCUT2D eigenvalue weighted by molar-refractivity contribution is 0.190. The third-order valence-corrected chi connectivity index (χ3v) is 4.70. The topological polar surface area (TPSA) is 70.8 Å². The van der Waals surface area contributed by atoms with Gasteiger partial charge in [0.15, 0.2) is 5.82 Å². The van der Waals surface area contributed by atoms with Gasteiger partial charge >= 0.3 is 0 Å². The van der Waals surface area contributed by atoms with Crippen LogP contribution in [0.1, 0.15) is 30.4 Å². The summed E-state index contributed by atoms with van der Waals surface area (Å²) in [5.74, 6) is 2.90. The molecular formula is C15H17N5OS. The molecule has 0 amide bonds. The van der Waals surface area contributed by atoms with Crippen molar-refractivity contribution in [2.45, 2.75) is 25.3 Å². The van der Waals surface area contributed by atoms with E-state index < -0.39 is 0 Å². The van der Waals surface area contributed by atoms with E-state index >= 15 is 0 Å². The molecule has 0 radical (unpaired) electrons. The zero-order valence-corrected chi connectivity index (χ0v) is 12.9. The van der Waals surface area contributed by atoms with E-state index in [-0.39, 0.29) is 0 Å². The van der Waals surface area contributed by atoms with Crippen LogP contribution in [-0.2, 0) is 6.54 Å². The Morgan fingerprint density at radius 1 is 1.45 bits per heavy atom. The molecule has 6 nitrogen and oxygen atoms in total. The number of piperidine rings is 1. The average molecular weight is 315 g/mol. The van der Waals surface area contributed by atoms with E-state index in [1.165, 1.54) is 12.8 Å². The van der Waals surface area contributed by atoms with Gasteiger partial charge in [0.2, 0.25) is 0 Å². The highest BCUT2D eigenvalue weighted by Crippen LogP contribution is 2.25. The summed E-state index contributed by atoms with van der Waals surface area (Å²) >= 11 is 1.63. The van der Waals surface area contributed by atoms with Crippen molar-refractivity contribution in [1.29, 1.82) is 0 Å². The Bertz CT molecular complexity index is 706. The Kier molecular flexibility index (Phi) is 3.74. The molecule has 0 aromatic carbocycles. The molecule has 1 aliphatic heterocycles. The van der Waals surface area contributed by atoms with Crippen LogP contribution < -0.4 is 0 Å². The first-order valence-corrected chi connectivity index (χ1v) is 8.39. The Balaban J connectivity index is 1.43. The minimum absolute atomic E-state index is 0.465. The first-order valence-electron chi connectivity index (χ1n) is 7.45. The van der Waals surface area contributed by atoms with E-state index in [9.17, 15) is 0 Å². The molecule has 4 rings (SSSR count). The molecule has 0 aliphatic carbocycles. The zero-order chi connectivity index (χ0) is 14.8. The van der Waals surface area contributed by atoms with Gasteiger partial charge < -0.3 is 9.51 Å². The number of imidazole rings is 1. The van der Waals surface area contributed by atoms with Crippen LogP contribution in [0, 0.1) is 0 Å². The fraction of sp³-hybridized carbons (Fsp3) is 0.400. The molecule has 22 heavy (non-hydrogen) atoms. The first kappa shape index (κ1) is 13.7. The zero-order valence-electron chi connectivity index (χ0n) is 12.1. The van der Waals surface area contributed by atoms with Crippen molar-refractivity contribution in [2.75, 3.05) is 13.1 Å². The predicted molar refractivity (Wildman–Crippen MR) is 83.5 cm³/mol. The van der Waals surface area contributed by atoms with E-state index in [1.807, 2.05) is 29.2 Å². The van der Waals surface area contributed by atoms with E-state index in [0.29, 0.717) is 11.8 Å². The minimum Gasteiger partial charge on any atom is -0.348 e. The van der Waals surface area contributed by atoms with Crippen molar-refractivity contribution in [3.8, 4) is 11.5 Å². The number of rotatable bonds is 4. The molecule has 0 bridgehead atoms. The second kappa shape index (κ2) is 6.02. The summed E-state index contributed by atoms with van der Waals surface area (Å²) in [5.41, 5.74) is 0.996. The van der Waals surface area contributed by atoms with Crippen molar-refractivity contribution >= 4 is 11.3 Å². The summed E-state index contributed by atoms with van der Waals surface area (Å²) in [6.07, 6.45) is 6.05. The Labute approximate surface area is 132 Å². The van der Waals surface area contributed by atoms with Crippen molar-refractivity contribution in [1.82, 2.24) is 25.0 Å². The van der Waals surface area contributed by atoms with Crippen molar-refractivity contribution in [3.05, 3.63) is 40.9 Å². The molecule has 1 fully saturated rings.